The first-order valence-corrected chi connectivity index (χ1v) is 6.23. The second kappa shape index (κ2) is 6.98. The third-order valence-electron chi connectivity index (χ3n) is 2.56. The molecule has 0 radical (unpaired) electrons. The van der Waals surface area contributed by atoms with E-state index in [1.807, 2.05) is 0 Å². The van der Waals surface area contributed by atoms with Gasteiger partial charge < -0.3 is 15.7 Å². The van der Waals surface area contributed by atoms with Crippen LogP contribution < -0.4 is 10.6 Å². The summed E-state index contributed by atoms with van der Waals surface area (Å²) in [5, 5.41) is 21.4. The van der Waals surface area contributed by atoms with E-state index in [9.17, 15) is 9.59 Å². The Balaban J connectivity index is 1.70. The lowest BCUT2D eigenvalue weighted by molar-refractivity contribution is 0.0690. The van der Waals surface area contributed by atoms with Crippen LogP contribution in [0.3, 0.4) is 0 Å². The van der Waals surface area contributed by atoms with Gasteiger partial charge in [-0.05, 0) is 18.6 Å². The molecule has 9 nitrogen and oxygen atoms in total. The van der Waals surface area contributed by atoms with Gasteiger partial charge in [0.15, 0.2) is 0 Å². The normalized spacial score (nSPS) is 10.1. The number of aromatic carboxylic acids is 1. The molecule has 9 heteroatoms. The van der Waals surface area contributed by atoms with E-state index in [0.29, 0.717) is 25.2 Å². The number of carboxylic acids is 1. The highest BCUT2D eigenvalue weighted by Crippen LogP contribution is 2.05. The van der Waals surface area contributed by atoms with Gasteiger partial charge in [-0.1, -0.05) is 5.21 Å². The molecule has 2 aromatic rings. The smallest absolute Gasteiger partial charge is 0.354 e. The molecule has 0 saturated carbocycles. The molecule has 3 N–H and O–H groups in total. The van der Waals surface area contributed by atoms with Crippen LogP contribution in [-0.4, -0.2) is 43.6 Å². The van der Waals surface area contributed by atoms with Crippen molar-refractivity contribution < 1.29 is 14.7 Å². The third-order valence-corrected chi connectivity index (χ3v) is 2.56. The average Bonchev–Trinajstić information content (AvgIpc) is 2.97. The lowest BCUT2D eigenvalue weighted by atomic mass is 10.3. The van der Waals surface area contributed by atoms with Gasteiger partial charge in [0.25, 0.3) is 0 Å². The zero-order valence-electron chi connectivity index (χ0n) is 11.1. The minimum absolute atomic E-state index is 0.0752. The van der Waals surface area contributed by atoms with Crippen LogP contribution in [0.2, 0.25) is 0 Å². The summed E-state index contributed by atoms with van der Waals surface area (Å²) >= 11 is 0. The maximum atomic E-state index is 11.6. The number of urea groups is 1. The van der Waals surface area contributed by atoms with Gasteiger partial charge in [0, 0.05) is 19.3 Å². The summed E-state index contributed by atoms with van der Waals surface area (Å²) in [7, 11) is 0. The summed E-state index contributed by atoms with van der Waals surface area (Å²) in [6.45, 7) is 1.14. The van der Waals surface area contributed by atoms with Crippen molar-refractivity contribution in [2.24, 2.45) is 0 Å². The number of carbonyl (C=O) groups excluding carboxylic acids is 1. The first-order chi connectivity index (χ1) is 10.1. The standard InChI is InChI=1S/C12H14N6O3/c19-11(20)10-3-2-9(8-14-10)16-12(21)13-4-1-6-18-7-5-15-17-18/h2-3,5,7-8H,1,4,6H2,(H,19,20)(H2,13,16,21). The van der Waals surface area contributed by atoms with Gasteiger partial charge in [0.05, 0.1) is 18.1 Å². The number of carbonyl (C=O) groups is 2. The summed E-state index contributed by atoms with van der Waals surface area (Å²) in [5.41, 5.74) is 0.350. The van der Waals surface area contributed by atoms with Crippen LogP contribution in [0.1, 0.15) is 16.9 Å². The number of nitrogens with one attached hydrogen (secondary N) is 2. The largest absolute Gasteiger partial charge is 0.477 e. The maximum absolute atomic E-state index is 11.6. The molecule has 0 fully saturated rings. The molecule has 110 valence electrons. The zero-order valence-corrected chi connectivity index (χ0v) is 11.1. The van der Waals surface area contributed by atoms with Crippen LogP contribution in [-0.2, 0) is 6.54 Å². The second-order valence-corrected chi connectivity index (χ2v) is 4.14. The highest BCUT2D eigenvalue weighted by atomic mass is 16.4. The fraction of sp³-hybridized carbons (Fsp3) is 0.250. The molecule has 0 saturated heterocycles. The topological polar surface area (TPSA) is 122 Å². The van der Waals surface area contributed by atoms with Crippen molar-refractivity contribution in [3.8, 4) is 0 Å². The Labute approximate surface area is 120 Å². The maximum Gasteiger partial charge on any atom is 0.354 e. The summed E-state index contributed by atoms with van der Waals surface area (Å²) in [5.74, 6) is -1.11. The molecule has 2 rings (SSSR count). The van der Waals surface area contributed by atoms with Gasteiger partial charge in [-0.2, -0.15) is 0 Å². The summed E-state index contributed by atoms with van der Waals surface area (Å²) in [6.07, 6.45) is 5.34. The van der Waals surface area contributed by atoms with Crippen molar-refractivity contribution in [1.29, 1.82) is 0 Å². The fourth-order valence-corrected chi connectivity index (χ4v) is 1.56. The van der Waals surface area contributed by atoms with Crippen molar-refractivity contribution in [1.82, 2.24) is 25.3 Å². The Hall–Kier alpha value is -2.97. The number of amides is 2. The van der Waals surface area contributed by atoms with E-state index in [0.717, 1.165) is 0 Å². The summed E-state index contributed by atoms with van der Waals surface area (Å²) in [6, 6.07) is 2.42. The van der Waals surface area contributed by atoms with E-state index >= 15 is 0 Å². The number of hydrogen-bond acceptors (Lipinski definition) is 5. The van der Waals surface area contributed by atoms with Gasteiger partial charge in [-0.25, -0.2) is 14.6 Å². The van der Waals surface area contributed by atoms with Gasteiger partial charge in [0.1, 0.15) is 5.69 Å². The number of rotatable bonds is 6. The average molecular weight is 290 g/mol. The van der Waals surface area contributed by atoms with Crippen molar-refractivity contribution in [2.45, 2.75) is 13.0 Å². The van der Waals surface area contributed by atoms with Gasteiger partial charge >= 0.3 is 12.0 Å². The predicted octanol–water partition coefficient (Wildman–Crippen LogP) is 0.583. The molecule has 0 atom stereocenters. The predicted molar refractivity (Wildman–Crippen MR) is 72.9 cm³/mol. The Bertz CT molecular complexity index is 596. The first kappa shape index (κ1) is 14.4. The number of nitrogens with zero attached hydrogens (tertiary/aromatic N) is 4. The lowest BCUT2D eigenvalue weighted by Crippen LogP contribution is -2.30. The minimum atomic E-state index is -1.11. The summed E-state index contributed by atoms with van der Waals surface area (Å²) in [4.78, 5) is 25.9. The van der Waals surface area contributed by atoms with Gasteiger partial charge in [-0.15, -0.1) is 5.10 Å². The SMILES string of the molecule is O=C(NCCCn1ccnn1)Nc1ccc(C(=O)O)nc1. The molecular formula is C12H14N6O3. The molecule has 0 aromatic carbocycles. The van der Waals surface area contributed by atoms with Crippen molar-refractivity contribution in [3.05, 3.63) is 36.4 Å². The van der Waals surface area contributed by atoms with Crippen molar-refractivity contribution in [2.75, 3.05) is 11.9 Å². The molecule has 0 spiro atoms. The van der Waals surface area contributed by atoms with Crippen LogP contribution in [0.4, 0.5) is 10.5 Å². The van der Waals surface area contributed by atoms with Crippen LogP contribution in [0, 0.1) is 0 Å². The molecule has 21 heavy (non-hydrogen) atoms. The Kier molecular flexibility index (Phi) is 4.80. The van der Waals surface area contributed by atoms with Crippen molar-refractivity contribution >= 4 is 17.7 Å². The highest BCUT2D eigenvalue weighted by Gasteiger charge is 2.05. The monoisotopic (exact) mass is 290 g/mol. The van der Waals surface area contributed by atoms with Gasteiger partial charge in [-0.3, -0.25) is 4.68 Å². The molecule has 2 heterocycles. The Morgan fingerprint density at radius 2 is 2.19 bits per heavy atom. The van der Waals surface area contributed by atoms with Crippen LogP contribution >= 0.6 is 0 Å². The lowest BCUT2D eigenvalue weighted by Gasteiger charge is -2.07. The van der Waals surface area contributed by atoms with E-state index in [-0.39, 0.29) is 11.7 Å². The van der Waals surface area contributed by atoms with E-state index in [4.69, 9.17) is 5.11 Å². The fourth-order valence-electron chi connectivity index (χ4n) is 1.56. The van der Waals surface area contributed by atoms with Gasteiger partial charge in [0.2, 0.25) is 0 Å². The molecule has 0 unspecified atom stereocenters. The number of aryl methyl sites for hydroxylation is 1. The quantitative estimate of drug-likeness (QED) is 0.669. The van der Waals surface area contributed by atoms with E-state index in [1.54, 1.807) is 17.1 Å². The molecule has 0 aliphatic rings. The van der Waals surface area contributed by atoms with E-state index < -0.39 is 5.97 Å². The van der Waals surface area contributed by atoms with Crippen LogP contribution in [0.15, 0.2) is 30.7 Å². The minimum Gasteiger partial charge on any atom is -0.477 e. The number of pyridine rings is 1. The number of anilines is 1. The van der Waals surface area contributed by atoms with Crippen molar-refractivity contribution in [3.63, 3.8) is 0 Å². The molecule has 0 aliphatic carbocycles. The number of hydrogen-bond donors (Lipinski definition) is 3. The molecule has 0 bridgehead atoms. The van der Waals surface area contributed by atoms with E-state index in [1.165, 1.54) is 18.3 Å². The summed E-state index contributed by atoms with van der Waals surface area (Å²) < 4.78 is 1.67. The Morgan fingerprint density at radius 3 is 2.81 bits per heavy atom. The zero-order chi connectivity index (χ0) is 15.1. The second-order valence-electron chi connectivity index (χ2n) is 4.14. The molecule has 0 aliphatic heterocycles. The molecular weight excluding hydrogens is 276 g/mol. The number of aromatic nitrogens is 4. The van der Waals surface area contributed by atoms with Crippen LogP contribution in [0.25, 0.3) is 0 Å². The number of carboxylic acid groups (broad SMARTS) is 1. The van der Waals surface area contributed by atoms with Crippen LogP contribution in [0.5, 0.6) is 0 Å². The Morgan fingerprint density at radius 1 is 1.33 bits per heavy atom. The third kappa shape index (κ3) is 4.56. The first-order valence-electron chi connectivity index (χ1n) is 6.23. The molecule has 2 amide bonds. The highest BCUT2D eigenvalue weighted by molar-refractivity contribution is 5.90. The van der Waals surface area contributed by atoms with E-state index in [2.05, 4.69) is 25.9 Å². The molecule has 2 aromatic heterocycles.